The minimum Gasteiger partial charge on any atom is -0.334 e. The highest BCUT2D eigenvalue weighted by molar-refractivity contribution is 6.09. The van der Waals surface area contributed by atoms with Crippen molar-refractivity contribution in [1.29, 1.82) is 0 Å². The summed E-state index contributed by atoms with van der Waals surface area (Å²) in [4.78, 5) is 9.98. The van der Waals surface area contributed by atoms with Crippen molar-refractivity contribution in [1.82, 2.24) is 19.1 Å². The van der Waals surface area contributed by atoms with Crippen LogP contribution in [-0.2, 0) is 25.9 Å². The maximum atomic E-state index is 13.8. The Hall–Kier alpha value is -5.40. The molecular weight excluding hydrogens is 612 g/mol. The van der Waals surface area contributed by atoms with Gasteiger partial charge in [0.05, 0.1) is 22.4 Å². The molecule has 4 heterocycles. The van der Waals surface area contributed by atoms with E-state index in [4.69, 9.17) is 15.7 Å². The third-order valence-electron chi connectivity index (χ3n) is 9.80. The van der Waals surface area contributed by atoms with E-state index in [2.05, 4.69) is 76.7 Å². The second-order valence-electron chi connectivity index (χ2n) is 13.2. The van der Waals surface area contributed by atoms with Gasteiger partial charge in [0.1, 0.15) is 11.6 Å². The Morgan fingerprint density at radius 3 is 1.43 bits per heavy atom. The highest BCUT2D eigenvalue weighted by atomic mass is 19.1. The zero-order chi connectivity index (χ0) is 33.5. The molecule has 0 bridgehead atoms. The molecule has 0 saturated heterocycles. The van der Waals surface area contributed by atoms with E-state index >= 15 is 0 Å². The molecule has 0 amide bonds. The van der Waals surface area contributed by atoms with Crippen molar-refractivity contribution in [2.24, 2.45) is 5.73 Å². The molecule has 244 valence electrons. The number of fused-ring (bicyclic) bond motifs is 6. The molecule has 4 aromatic carbocycles. The first kappa shape index (κ1) is 30.9. The van der Waals surface area contributed by atoms with E-state index < -0.39 is 5.54 Å². The number of hydrogen-bond donors (Lipinski definition) is 1. The molecule has 5 nitrogen and oxygen atoms in total. The van der Waals surface area contributed by atoms with Crippen LogP contribution in [0.5, 0.6) is 0 Å². The molecule has 0 fully saturated rings. The Kier molecular flexibility index (Phi) is 7.92. The van der Waals surface area contributed by atoms with Crippen LogP contribution < -0.4 is 5.73 Å². The van der Waals surface area contributed by atoms with Gasteiger partial charge in [-0.05, 0) is 66.1 Å². The van der Waals surface area contributed by atoms with Crippen LogP contribution in [0.3, 0.4) is 0 Å². The van der Waals surface area contributed by atoms with Crippen LogP contribution in [0.1, 0.15) is 42.3 Å². The SMILES string of the molecule is CCCC(N)(Cc1nccc2c3ccccc3n(Cc3ccc(F)cc3)c12)Cc1nccc2c3ccccc3n(Cc3ccc(F)cc3)c12. The predicted molar refractivity (Wildman–Crippen MR) is 195 cm³/mol. The summed E-state index contributed by atoms with van der Waals surface area (Å²) in [6.07, 6.45) is 6.55. The molecule has 0 aliphatic heterocycles. The molecule has 0 saturated carbocycles. The largest absolute Gasteiger partial charge is 0.334 e. The Balaban J connectivity index is 1.24. The lowest BCUT2D eigenvalue weighted by atomic mass is 9.84. The second kappa shape index (κ2) is 12.6. The Morgan fingerprint density at radius 1 is 0.571 bits per heavy atom. The van der Waals surface area contributed by atoms with Gasteiger partial charge in [0.25, 0.3) is 0 Å². The van der Waals surface area contributed by atoms with Crippen LogP contribution in [0.4, 0.5) is 8.78 Å². The normalized spacial score (nSPS) is 12.2. The first-order valence-electron chi connectivity index (χ1n) is 16.9. The lowest BCUT2D eigenvalue weighted by Gasteiger charge is -2.30. The minimum absolute atomic E-state index is 0.249. The zero-order valence-corrected chi connectivity index (χ0v) is 27.4. The first-order valence-corrected chi connectivity index (χ1v) is 16.9. The molecule has 8 rings (SSSR count). The molecule has 2 N–H and O–H groups in total. The molecule has 0 aliphatic rings. The lowest BCUT2D eigenvalue weighted by molar-refractivity contribution is 0.377. The Morgan fingerprint density at radius 2 is 1.00 bits per heavy atom. The number of pyridine rings is 2. The number of aromatic nitrogens is 4. The maximum absolute atomic E-state index is 13.8. The summed E-state index contributed by atoms with van der Waals surface area (Å²) in [6.45, 7) is 3.33. The average molecular weight is 650 g/mol. The molecule has 0 spiro atoms. The number of benzene rings is 4. The minimum atomic E-state index is -0.647. The summed E-state index contributed by atoms with van der Waals surface area (Å²) in [6, 6.07) is 34.4. The summed E-state index contributed by atoms with van der Waals surface area (Å²) >= 11 is 0. The molecule has 8 aromatic rings. The second-order valence-corrected chi connectivity index (χ2v) is 13.2. The van der Waals surface area contributed by atoms with Crippen molar-refractivity contribution < 1.29 is 8.78 Å². The van der Waals surface area contributed by atoms with Crippen LogP contribution in [0.25, 0.3) is 43.6 Å². The first-order chi connectivity index (χ1) is 23.9. The molecular formula is C42H37F2N5. The molecule has 0 unspecified atom stereocenters. The van der Waals surface area contributed by atoms with E-state index in [0.29, 0.717) is 25.9 Å². The molecule has 0 atom stereocenters. The highest BCUT2D eigenvalue weighted by Crippen LogP contribution is 2.36. The van der Waals surface area contributed by atoms with Gasteiger partial charge in [-0.1, -0.05) is 74.0 Å². The fourth-order valence-corrected chi connectivity index (χ4v) is 7.68. The van der Waals surface area contributed by atoms with E-state index in [9.17, 15) is 8.78 Å². The van der Waals surface area contributed by atoms with Crippen LogP contribution in [-0.4, -0.2) is 24.6 Å². The van der Waals surface area contributed by atoms with Crippen LogP contribution >= 0.6 is 0 Å². The molecule has 0 radical (unpaired) electrons. The van der Waals surface area contributed by atoms with Gasteiger partial charge in [0.2, 0.25) is 0 Å². The quantitative estimate of drug-likeness (QED) is 0.161. The standard InChI is InChI=1S/C42H37F2N5/c1-2-21-42(45,24-36-40-34(19-22-46-36)32-7-3-5-9-38(32)48(40)26-28-11-15-30(43)16-12-28)25-37-41-35(20-23-47-37)33-8-4-6-10-39(33)49(41)27-29-13-17-31(44)18-14-29/h3-20,22-23H,2,21,24-27,45H2,1H3. The highest BCUT2D eigenvalue weighted by Gasteiger charge is 2.30. The zero-order valence-electron chi connectivity index (χ0n) is 27.4. The van der Waals surface area contributed by atoms with Gasteiger partial charge in [0.15, 0.2) is 0 Å². The number of nitrogens with two attached hydrogens (primary N) is 1. The number of para-hydroxylation sites is 2. The summed E-state index contributed by atoms with van der Waals surface area (Å²) in [5, 5.41) is 4.55. The molecule has 0 aliphatic carbocycles. The maximum Gasteiger partial charge on any atom is 0.123 e. The van der Waals surface area contributed by atoms with E-state index in [1.165, 1.54) is 24.3 Å². The van der Waals surface area contributed by atoms with E-state index in [1.807, 2.05) is 36.7 Å². The van der Waals surface area contributed by atoms with Gasteiger partial charge >= 0.3 is 0 Å². The van der Waals surface area contributed by atoms with Crippen molar-refractivity contribution >= 4 is 43.6 Å². The monoisotopic (exact) mass is 649 g/mol. The Bertz CT molecular complexity index is 2270. The van der Waals surface area contributed by atoms with Gasteiger partial charge in [-0.3, -0.25) is 9.97 Å². The summed E-state index contributed by atoms with van der Waals surface area (Å²) < 4.78 is 32.3. The van der Waals surface area contributed by atoms with Gasteiger partial charge in [-0.15, -0.1) is 0 Å². The average Bonchev–Trinajstić information content (AvgIpc) is 3.60. The van der Waals surface area contributed by atoms with Crippen molar-refractivity contribution in [3.05, 3.63) is 156 Å². The number of nitrogens with zero attached hydrogens (tertiary/aromatic N) is 4. The van der Waals surface area contributed by atoms with Crippen LogP contribution in [0, 0.1) is 11.6 Å². The van der Waals surface area contributed by atoms with E-state index in [1.54, 1.807) is 0 Å². The third kappa shape index (κ3) is 5.74. The fraction of sp³-hybridized carbons (Fsp3) is 0.190. The van der Waals surface area contributed by atoms with Gasteiger partial charge in [-0.25, -0.2) is 8.78 Å². The van der Waals surface area contributed by atoms with Gasteiger partial charge < -0.3 is 14.9 Å². The topological polar surface area (TPSA) is 61.7 Å². The van der Waals surface area contributed by atoms with Crippen LogP contribution in [0.15, 0.2) is 122 Å². The third-order valence-corrected chi connectivity index (χ3v) is 9.80. The van der Waals surface area contributed by atoms with Gasteiger partial charge in [0, 0.05) is 76.4 Å². The van der Waals surface area contributed by atoms with E-state index in [0.717, 1.165) is 79.0 Å². The molecule has 4 aromatic heterocycles. The van der Waals surface area contributed by atoms with Crippen molar-refractivity contribution in [2.75, 3.05) is 0 Å². The van der Waals surface area contributed by atoms with Gasteiger partial charge in [-0.2, -0.15) is 0 Å². The van der Waals surface area contributed by atoms with Crippen molar-refractivity contribution in [3.8, 4) is 0 Å². The predicted octanol–water partition coefficient (Wildman–Crippen LogP) is 9.35. The number of rotatable bonds is 10. The van der Waals surface area contributed by atoms with Crippen molar-refractivity contribution in [2.45, 2.75) is 51.2 Å². The number of hydrogen-bond acceptors (Lipinski definition) is 3. The molecule has 49 heavy (non-hydrogen) atoms. The summed E-state index contributed by atoms with van der Waals surface area (Å²) in [7, 11) is 0. The smallest absolute Gasteiger partial charge is 0.123 e. The van der Waals surface area contributed by atoms with Crippen molar-refractivity contribution in [3.63, 3.8) is 0 Å². The summed E-state index contributed by atoms with van der Waals surface area (Å²) in [5.41, 5.74) is 15.1. The Labute approximate surface area is 283 Å². The fourth-order valence-electron chi connectivity index (χ4n) is 7.68. The lowest BCUT2D eigenvalue weighted by Crippen LogP contribution is -2.45. The summed E-state index contributed by atoms with van der Waals surface area (Å²) in [5.74, 6) is -0.498. The molecule has 7 heteroatoms. The number of halogens is 2. The van der Waals surface area contributed by atoms with E-state index in [-0.39, 0.29) is 11.6 Å². The van der Waals surface area contributed by atoms with Crippen LogP contribution in [0.2, 0.25) is 0 Å².